The number of hydroxylamine groups is 1. The van der Waals surface area contributed by atoms with Crippen molar-refractivity contribution >= 4 is 35.4 Å². The van der Waals surface area contributed by atoms with E-state index < -0.39 is 78.7 Å². The lowest BCUT2D eigenvalue weighted by molar-refractivity contribution is -0.139. The van der Waals surface area contributed by atoms with Gasteiger partial charge in [-0.05, 0) is 37.3 Å². The number of rotatable bonds is 5. The number of carbonyl (C=O) groups excluding carboxylic acids is 6. The largest absolute Gasteiger partial charge is 0.346 e. The summed E-state index contributed by atoms with van der Waals surface area (Å²) in [6.07, 6.45) is 1.46. The van der Waals surface area contributed by atoms with E-state index in [2.05, 4.69) is 21.3 Å². The lowest BCUT2D eigenvalue weighted by atomic mass is 10.0. The maximum atomic E-state index is 13.7. The molecule has 3 heterocycles. The van der Waals surface area contributed by atoms with Gasteiger partial charge in [0, 0.05) is 13.0 Å². The highest BCUT2D eigenvalue weighted by molar-refractivity contribution is 5.95. The van der Waals surface area contributed by atoms with Gasteiger partial charge in [-0.3, -0.25) is 38.9 Å². The minimum absolute atomic E-state index is 0.0392. The van der Waals surface area contributed by atoms with E-state index in [1.165, 1.54) is 4.90 Å². The summed E-state index contributed by atoms with van der Waals surface area (Å²) < 4.78 is 0. The third-order valence-electron chi connectivity index (χ3n) is 7.75. The summed E-state index contributed by atoms with van der Waals surface area (Å²) in [6, 6.07) is 4.72. The Balaban J connectivity index is 1.63. The van der Waals surface area contributed by atoms with E-state index in [0.29, 0.717) is 25.8 Å². The van der Waals surface area contributed by atoms with Gasteiger partial charge in [-0.1, -0.05) is 44.2 Å². The van der Waals surface area contributed by atoms with Crippen LogP contribution in [0.3, 0.4) is 0 Å². The molecule has 0 saturated carbocycles. The van der Waals surface area contributed by atoms with Crippen LogP contribution in [-0.2, 0) is 35.2 Å². The molecule has 6 amide bonds. The molecule has 3 fully saturated rings. The number of nitrogens with zero attached hydrogens (tertiary/aromatic N) is 2. The van der Waals surface area contributed by atoms with E-state index in [9.17, 15) is 34.0 Å². The zero-order chi connectivity index (χ0) is 30.4. The van der Waals surface area contributed by atoms with Gasteiger partial charge in [0.15, 0.2) is 0 Å². The smallest absolute Gasteiger partial charge is 0.262 e. The quantitative estimate of drug-likeness (QED) is 0.130. The van der Waals surface area contributed by atoms with Crippen molar-refractivity contribution in [3.05, 3.63) is 35.9 Å². The number of carbonyl (C=O) groups is 6. The van der Waals surface area contributed by atoms with Gasteiger partial charge in [0.25, 0.3) is 5.91 Å². The van der Waals surface area contributed by atoms with Crippen molar-refractivity contribution < 1.29 is 34.0 Å². The molecule has 3 aliphatic heterocycles. The van der Waals surface area contributed by atoms with Crippen LogP contribution >= 0.6 is 0 Å². The van der Waals surface area contributed by atoms with Gasteiger partial charge in [-0.25, -0.2) is 5.48 Å². The van der Waals surface area contributed by atoms with Crippen molar-refractivity contribution in [3.8, 4) is 0 Å². The van der Waals surface area contributed by atoms with Crippen molar-refractivity contribution in [2.75, 3.05) is 26.2 Å². The van der Waals surface area contributed by atoms with E-state index in [1.54, 1.807) is 10.4 Å². The van der Waals surface area contributed by atoms with Crippen LogP contribution in [-0.4, -0.2) is 107 Å². The molecule has 4 rings (SSSR count). The number of benzene rings is 1. The van der Waals surface area contributed by atoms with Gasteiger partial charge in [0.1, 0.15) is 18.1 Å². The van der Waals surface area contributed by atoms with Crippen LogP contribution < -0.4 is 26.7 Å². The Labute approximate surface area is 243 Å². The van der Waals surface area contributed by atoms with Gasteiger partial charge in [-0.2, -0.15) is 0 Å². The zero-order valence-electron chi connectivity index (χ0n) is 23.8. The minimum Gasteiger partial charge on any atom is -0.346 e. The Morgan fingerprint density at radius 3 is 2.26 bits per heavy atom. The van der Waals surface area contributed by atoms with Crippen molar-refractivity contribution in [2.24, 2.45) is 5.92 Å². The summed E-state index contributed by atoms with van der Waals surface area (Å²) in [5, 5.41) is 20.0. The molecule has 1 aromatic carbocycles. The second-order valence-electron chi connectivity index (χ2n) is 11.4. The summed E-state index contributed by atoms with van der Waals surface area (Å²) in [7, 11) is 0. The van der Waals surface area contributed by atoms with Crippen LogP contribution in [0.2, 0.25) is 0 Å². The van der Waals surface area contributed by atoms with Gasteiger partial charge >= 0.3 is 0 Å². The normalized spacial score (nSPS) is 28.0. The highest BCUT2D eigenvalue weighted by atomic mass is 16.5. The molecule has 0 unspecified atom stereocenters. The number of amides is 6. The molecule has 14 heteroatoms. The van der Waals surface area contributed by atoms with Crippen molar-refractivity contribution in [2.45, 2.75) is 69.7 Å². The molecule has 1 aromatic rings. The first-order chi connectivity index (χ1) is 20.1. The molecule has 0 aromatic heterocycles. The van der Waals surface area contributed by atoms with Gasteiger partial charge < -0.3 is 26.2 Å². The highest BCUT2D eigenvalue weighted by Gasteiger charge is 2.53. The Kier molecular flexibility index (Phi) is 10.1. The van der Waals surface area contributed by atoms with E-state index in [-0.39, 0.29) is 18.9 Å². The van der Waals surface area contributed by atoms with E-state index in [0.717, 1.165) is 5.56 Å². The standard InChI is InChI=1S/C28H39N7O7/c1-16(2)11-18-25(38)29-13-23(37)32-19(12-17-7-4-3-5-8-17)28(41)35-15-21(35)24(27(40)33-42)34-10-6-9-20(34)26(39)30-14-22(36)31-18/h3-5,7-8,16,18-21,24,42H,6,9-15H2,1-2H3,(H,29,38)(H,30,39)(H,31,36)(H,32,37)(H,33,40)/t18-,19-,20-,21-,24+,35?/m0/s1. The molecule has 5 atom stereocenters. The van der Waals surface area contributed by atoms with Crippen molar-refractivity contribution in [1.82, 2.24) is 36.5 Å². The molecule has 0 spiro atoms. The molecule has 6 N–H and O–H groups in total. The van der Waals surface area contributed by atoms with Gasteiger partial charge in [0.05, 0.1) is 25.2 Å². The average Bonchev–Trinajstić information content (AvgIpc) is 3.59. The Morgan fingerprint density at radius 1 is 0.976 bits per heavy atom. The Bertz CT molecular complexity index is 1190. The third kappa shape index (κ3) is 7.62. The predicted molar refractivity (Wildman–Crippen MR) is 148 cm³/mol. The number of hydrogen-bond acceptors (Lipinski definition) is 8. The number of nitrogens with one attached hydrogen (secondary N) is 5. The van der Waals surface area contributed by atoms with Gasteiger partial charge in [0.2, 0.25) is 29.5 Å². The summed E-state index contributed by atoms with van der Waals surface area (Å²) in [4.78, 5) is 81.4. The molecule has 42 heavy (non-hydrogen) atoms. The SMILES string of the molecule is CC(C)C[C@@H]1NC(=O)CNC(=O)[C@@H]2CCCN2[C@@H](C(=O)NO)[C@@H]2CN2C(=O)[C@H](Cc2ccccc2)NC(=O)CNC1=O. The lowest BCUT2D eigenvalue weighted by Gasteiger charge is -2.31. The summed E-state index contributed by atoms with van der Waals surface area (Å²) in [6.45, 7) is 3.49. The zero-order valence-corrected chi connectivity index (χ0v) is 23.8. The molecule has 14 nitrogen and oxygen atoms in total. The molecular formula is C28H39N7O7. The highest BCUT2D eigenvalue weighted by Crippen LogP contribution is 2.31. The lowest BCUT2D eigenvalue weighted by Crippen LogP contribution is -2.58. The predicted octanol–water partition coefficient (Wildman–Crippen LogP) is -1.96. The van der Waals surface area contributed by atoms with Crippen LogP contribution in [0.5, 0.6) is 0 Å². The number of fused-ring (bicyclic) bond motifs is 2. The summed E-state index contributed by atoms with van der Waals surface area (Å²) in [5.74, 6) is -3.35. The third-order valence-corrected chi connectivity index (χ3v) is 7.75. The average molecular weight is 586 g/mol. The van der Waals surface area contributed by atoms with Crippen molar-refractivity contribution in [1.29, 1.82) is 0 Å². The topological polar surface area (TPSA) is 189 Å². The molecule has 228 valence electrons. The first-order valence-electron chi connectivity index (χ1n) is 14.3. The van der Waals surface area contributed by atoms with E-state index >= 15 is 0 Å². The monoisotopic (exact) mass is 585 g/mol. The molecule has 0 aliphatic carbocycles. The van der Waals surface area contributed by atoms with Crippen molar-refractivity contribution in [3.63, 3.8) is 0 Å². The Morgan fingerprint density at radius 2 is 1.62 bits per heavy atom. The second-order valence-corrected chi connectivity index (χ2v) is 11.4. The van der Waals surface area contributed by atoms with E-state index in [4.69, 9.17) is 0 Å². The van der Waals surface area contributed by atoms with E-state index in [1.807, 2.05) is 44.2 Å². The molecule has 0 radical (unpaired) electrons. The van der Waals surface area contributed by atoms with Crippen LogP contribution in [0.1, 0.15) is 38.7 Å². The first-order valence-corrected chi connectivity index (χ1v) is 14.3. The van der Waals surface area contributed by atoms with Gasteiger partial charge in [-0.15, -0.1) is 0 Å². The second kappa shape index (κ2) is 13.7. The molecular weight excluding hydrogens is 546 g/mol. The molecule has 3 saturated heterocycles. The summed E-state index contributed by atoms with van der Waals surface area (Å²) >= 11 is 0. The molecule has 0 bridgehead atoms. The fraction of sp³-hybridized carbons (Fsp3) is 0.571. The summed E-state index contributed by atoms with van der Waals surface area (Å²) in [5.41, 5.74) is 2.46. The maximum absolute atomic E-state index is 13.7. The maximum Gasteiger partial charge on any atom is 0.262 e. The molecule has 3 aliphatic rings. The van der Waals surface area contributed by atoms with Crippen LogP contribution in [0.15, 0.2) is 30.3 Å². The first kappa shape index (κ1) is 30.9. The number of hydrogen-bond donors (Lipinski definition) is 6. The minimum atomic E-state index is -1.02. The fourth-order valence-electron chi connectivity index (χ4n) is 5.71. The fourth-order valence-corrected chi connectivity index (χ4v) is 5.71. The Hall–Kier alpha value is -4.04. The van der Waals surface area contributed by atoms with Crippen LogP contribution in [0.25, 0.3) is 0 Å². The van der Waals surface area contributed by atoms with Crippen LogP contribution in [0.4, 0.5) is 0 Å². The van der Waals surface area contributed by atoms with Crippen LogP contribution in [0, 0.1) is 5.92 Å².